The van der Waals surface area contributed by atoms with E-state index in [-0.39, 0.29) is 0 Å². The van der Waals surface area contributed by atoms with Crippen LogP contribution in [0.15, 0.2) is 50.1 Å². The van der Waals surface area contributed by atoms with Crippen molar-refractivity contribution in [3.63, 3.8) is 0 Å². The van der Waals surface area contributed by atoms with Gasteiger partial charge in [0.15, 0.2) is 4.34 Å². The van der Waals surface area contributed by atoms with Crippen molar-refractivity contribution in [2.24, 2.45) is 0 Å². The number of aryl methyl sites for hydroxylation is 1. The van der Waals surface area contributed by atoms with Gasteiger partial charge in [-0.15, -0.1) is 11.3 Å². The van der Waals surface area contributed by atoms with Crippen LogP contribution in [0.5, 0.6) is 0 Å². The maximum Gasteiger partial charge on any atom is 0.155 e. The van der Waals surface area contributed by atoms with Crippen LogP contribution >= 0.6 is 39.0 Å². The topological polar surface area (TPSA) is 38.9 Å². The minimum atomic E-state index is 0.806. The Morgan fingerprint density at radius 1 is 1.26 bits per heavy atom. The fraction of sp³-hybridized carbons (Fsp3) is 0.0714. The molecule has 19 heavy (non-hydrogen) atoms. The van der Waals surface area contributed by atoms with Crippen molar-refractivity contribution in [1.29, 1.82) is 0 Å². The number of aromatic nitrogens is 1. The first-order valence-electron chi connectivity index (χ1n) is 5.72. The zero-order chi connectivity index (χ0) is 13.4. The first kappa shape index (κ1) is 13.0. The molecule has 3 rings (SSSR count). The largest absolute Gasteiger partial charge is 0.398 e. The average Bonchev–Trinajstić information content (AvgIpc) is 2.78. The van der Waals surface area contributed by atoms with Crippen LogP contribution in [0.1, 0.15) is 5.56 Å². The van der Waals surface area contributed by atoms with Gasteiger partial charge in [-0.1, -0.05) is 23.9 Å². The molecule has 0 unspecified atom stereocenters. The average molecular weight is 351 g/mol. The molecule has 0 saturated carbocycles. The third-order valence-electron chi connectivity index (χ3n) is 2.79. The zero-order valence-corrected chi connectivity index (χ0v) is 13.4. The Balaban J connectivity index is 1.98. The fourth-order valence-corrected chi connectivity index (χ4v) is 4.47. The van der Waals surface area contributed by atoms with Crippen LogP contribution in [0, 0.1) is 6.92 Å². The Bertz CT molecular complexity index is 719. The van der Waals surface area contributed by atoms with Gasteiger partial charge in [-0.25, -0.2) is 4.98 Å². The summed E-state index contributed by atoms with van der Waals surface area (Å²) in [4.78, 5) is 5.77. The quantitative estimate of drug-likeness (QED) is 0.653. The van der Waals surface area contributed by atoms with E-state index in [9.17, 15) is 0 Å². The van der Waals surface area contributed by atoms with Crippen LogP contribution in [0.2, 0.25) is 0 Å². The second-order valence-corrected chi connectivity index (χ2v) is 7.36. The number of rotatable bonds is 2. The molecule has 0 fully saturated rings. The number of thiazole rings is 1. The minimum Gasteiger partial charge on any atom is -0.398 e. The van der Waals surface area contributed by atoms with Crippen LogP contribution in [0.25, 0.3) is 10.2 Å². The smallest absolute Gasteiger partial charge is 0.155 e. The molecule has 96 valence electrons. The van der Waals surface area contributed by atoms with Crippen molar-refractivity contribution >= 4 is 54.9 Å². The van der Waals surface area contributed by atoms with E-state index >= 15 is 0 Å². The minimum absolute atomic E-state index is 0.806. The highest BCUT2D eigenvalue weighted by Gasteiger charge is 2.09. The second kappa shape index (κ2) is 5.15. The maximum absolute atomic E-state index is 5.89. The summed E-state index contributed by atoms with van der Waals surface area (Å²) in [6.07, 6.45) is 0. The standard InChI is InChI=1S/C14H11BrN2S2/c1-8-6-13(9(15)7-10(8)16)19-14-17-11-4-2-3-5-12(11)18-14/h2-7H,16H2,1H3. The number of fused-ring (bicyclic) bond motifs is 1. The fourth-order valence-electron chi connectivity index (χ4n) is 1.74. The lowest BCUT2D eigenvalue weighted by atomic mass is 10.2. The Morgan fingerprint density at radius 3 is 2.84 bits per heavy atom. The lowest BCUT2D eigenvalue weighted by molar-refractivity contribution is 1.27. The Morgan fingerprint density at radius 2 is 2.05 bits per heavy atom. The summed E-state index contributed by atoms with van der Waals surface area (Å²) < 4.78 is 3.28. The molecule has 0 saturated heterocycles. The highest BCUT2D eigenvalue weighted by Crippen LogP contribution is 2.39. The summed E-state index contributed by atoms with van der Waals surface area (Å²) in [5.74, 6) is 0. The first-order chi connectivity index (χ1) is 9.13. The van der Waals surface area contributed by atoms with Crippen LogP contribution in [0.4, 0.5) is 5.69 Å². The van der Waals surface area contributed by atoms with Crippen LogP contribution in [0.3, 0.4) is 0 Å². The van der Waals surface area contributed by atoms with Crippen molar-refractivity contribution in [1.82, 2.24) is 4.98 Å². The van der Waals surface area contributed by atoms with E-state index in [1.54, 1.807) is 23.1 Å². The van der Waals surface area contributed by atoms with E-state index in [2.05, 4.69) is 33.0 Å². The summed E-state index contributed by atoms with van der Waals surface area (Å²) in [7, 11) is 0. The van der Waals surface area contributed by atoms with Crippen LogP contribution in [-0.2, 0) is 0 Å². The Kier molecular flexibility index (Phi) is 3.52. The van der Waals surface area contributed by atoms with Gasteiger partial charge in [-0.05, 0) is 52.7 Å². The van der Waals surface area contributed by atoms with E-state index in [4.69, 9.17) is 5.73 Å². The number of benzene rings is 2. The van der Waals surface area contributed by atoms with E-state index in [1.165, 1.54) is 4.70 Å². The van der Waals surface area contributed by atoms with Gasteiger partial charge in [0.25, 0.3) is 0 Å². The zero-order valence-electron chi connectivity index (χ0n) is 10.2. The molecule has 2 aromatic carbocycles. The molecule has 0 amide bonds. The molecule has 2 N–H and O–H groups in total. The molecular weight excluding hydrogens is 340 g/mol. The lowest BCUT2D eigenvalue weighted by Gasteiger charge is -2.06. The number of nitrogen functional groups attached to an aromatic ring is 1. The van der Waals surface area contributed by atoms with Gasteiger partial charge in [-0.2, -0.15) is 0 Å². The number of hydrogen-bond donors (Lipinski definition) is 1. The van der Waals surface area contributed by atoms with Crippen molar-refractivity contribution in [2.75, 3.05) is 5.73 Å². The van der Waals surface area contributed by atoms with Crippen molar-refractivity contribution in [2.45, 2.75) is 16.2 Å². The normalized spacial score (nSPS) is 11.1. The van der Waals surface area contributed by atoms with Crippen LogP contribution in [-0.4, -0.2) is 4.98 Å². The highest BCUT2D eigenvalue weighted by molar-refractivity contribution is 9.10. The number of anilines is 1. The second-order valence-electron chi connectivity index (χ2n) is 4.19. The molecule has 1 heterocycles. The van der Waals surface area contributed by atoms with E-state index in [0.717, 1.165) is 30.5 Å². The molecule has 0 radical (unpaired) electrons. The molecular formula is C14H11BrN2S2. The van der Waals surface area contributed by atoms with Crippen LogP contribution < -0.4 is 5.73 Å². The monoisotopic (exact) mass is 350 g/mol. The third-order valence-corrected chi connectivity index (χ3v) is 5.87. The number of halogens is 1. The number of para-hydroxylation sites is 1. The summed E-state index contributed by atoms with van der Waals surface area (Å²) in [6, 6.07) is 12.2. The molecule has 0 bridgehead atoms. The molecule has 3 aromatic rings. The lowest BCUT2D eigenvalue weighted by Crippen LogP contribution is -1.90. The number of nitrogens with two attached hydrogens (primary N) is 1. The van der Waals surface area contributed by atoms with E-state index < -0.39 is 0 Å². The molecule has 2 nitrogen and oxygen atoms in total. The molecule has 1 aromatic heterocycles. The SMILES string of the molecule is Cc1cc(Sc2nc3ccccc3s2)c(Br)cc1N. The summed E-state index contributed by atoms with van der Waals surface area (Å²) >= 11 is 6.94. The maximum atomic E-state index is 5.89. The van der Waals surface area contributed by atoms with E-state index in [0.29, 0.717) is 0 Å². The number of nitrogens with zero attached hydrogens (tertiary/aromatic N) is 1. The third kappa shape index (κ3) is 2.63. The molecule has 5 heteroatoms. The molecule has 0 spiro atoms. The first-order valence-corrected chi connectivity index (χ1v) is 8.15. The van der Waals surface area contributed by atoms with Gasteiger partial charge in [-0.3, -0.25) is 0 Å². The Labute approximate surface area is 128 Å². The van der Waals surface area contributed by atoms with Gasteiger partial charge < -0.3 is 5.73 Å². The predicted molar refractivity (Wildman–Crippen MR) is 87.0 cm³/mol. The number of hydrogen-bond acceptors (Lipinski definition) is 4. The molecule has 0 aliphatic carbocycles. The summed E-state index contributed by atoms with van der Waals surface area (Å²) in [5.41, 5.74) is 8.84. The van der Waals surface area contributed by atoms with Gasteiger partial charge in [0.2, 0.25) is 0 Å². The van der Waals surface area contributed by atoms with Gasteiger partial charge in [0.05, 0.1) is 10.2 Å². The highest BCUT2D eigenvalue weighted by atomic mass is 79.9. The molecule has 0 atom stereocenters. The molecule has 0 aliphatic heterocycles. The Hall–Kier alpha value is -1.04. The van der Waals surface area contributed by atoms with Crippen molar-refractivity contribution in [3.05, 3.63) is 46.4 Å². The van der Waals surface area contributed by atoms with Gasteiger partial charge in [0, 0.05) is 15.1 Å². The van der Waals surface area contributed by atoms with E-state index in [1.807, 2.05) is 31.2 Å². The van der Waals surface area contributed by atoms with Crippen molar-refractivity contribution in [3.8, 4) is 0 Å². The molecule has 0 aliphatic rings. The summed E-state index contributed by atoms with van der Waals surface area (Å²) in [5, 5.41) is 0. The van der Waals surface area contributed by atoms with Gasteiger partial charge in [0.1, 0.15) is 0 Å². The predicted octanol–water partition coefficient (Wildman–Crippen LogP) is 5.10. The van der Waals surface area contributed by atoms with Crippen molar-refractivity contribution < 1.29 is 0 Å². The van der Waals surface area contributed by atoms with Gasteiger partial charge >= 0.3 is 0 Å². The summed E-state index contributed by atoms with van der Waals surface area (Å²) in [6.45, 7) is 2.02.